The summed E-state index contributed by atoms with van der Waals surface area (Å²) in [5, 5.41) is 4.69. The molecule has 0 fully saturated rings. The number of hydrogen-bond acceptors (Lipinski definition) is 2. The normalized spacial score (nSPS) is 11.7. The van der Waals surface area contributed by atoms with Crippen molar-refractivity contribution in [1.29, 1.82) is 0 Å². The highest BCUT2D eigenvalue weighted by atomic mass is 35.5. The van der Waals surface area contributed by atoms with Crippen LogP contribution < -0.4 is 0 Å². The first-order valence-electron chi connectivity index (χ1n) is 7.07. The minimum absolute atomic E-state index is 0.534. The van der Waals surface area contributed by atoms with Crippen molar-refractivity contribution < 1.29 is 0 Å². The molecule has 104 valence electrons. The molecule has 0 aliphatic heterocycles. The van der Waals surface area contributed by atoms with Gasteiger partial charge in [-0.1, -0.05) is 20.8 Å². The molecule has 1 heterocycles. The van der Waals surface area contributed by atoms with Crippen LogP contribution in [-0.2, 0) is 6.54 Å². The molecule has 0 radical (unpaired) electrons. The number of hydrogen-bond donors (Lipinski definition) is 0. The Morgan fingerprint density at radius 2 is 2.00 bits per heavy atom. The van der Waals surface area contributed by atoms with Crippen molar-refractivity contribution in [1.82, 2.24) is 14.7 Å². The molecule has 0 aliphatic rings. The lowest BCUT2D eigenvalue weighted by molar-refractivity contribution is 0.276. The molecule has 1 aromatic rings. The lowest BCUT2D eigenvalue weighted by atomic mass is 10.2. The third kappa shape index (κ3) is 4.62. The third-order valence-electron chi connectivity index (χ3n) is 3.31. The van der Waals surface area contributed by atoms with E-state index in [9.17, 15) is 0 Å². The van der Waals surface area contributed by atoms with E-state index in [0.717, 1.165) is 44.6 Å². The first-order chi connectivity index (χ1) is 8.74. The van der Waals surface area contributed by atoms with Crippen LogP contribution in [0, 0.1) is 0 Å². The smallest absolute Gasteiger partial charge is 0.0764 e. The number of halogens is 1. The van der Waals surface area contributed by atoms with Gasteiger partial charge in [-0.25, -0.2) is 0 Å². The van der Waals surface area contributed by atoms with Crippen LogP contribution in [0.25, 0.3) is 0 Å². The Labute approximate surface area is 116 Å². The SMILES string of the molecule is CCCN(CCCl)Cc1ccn(C(CC)CC)n1. The van der Waals surface area contributed by atoms with Crippen molar-refractivity contribution in [2.24, 2.45) is 0 Å². The fourth-order valence-corrected chi connectivity index (χ4v) is 2.50. The monoisotopic (exact) mass is 271 g/mol. The Morgan fingerprint density at radius 3 is 2.56 bits per heavy atom. The van der Waals surface area contributed by atoms with Gasteiger partial charge in [0.15, 0.2) is 0 Å². The van der Waals surface area contributed by atoms with Crippen molar-refractivity contribution in [2.45, 2.75) is 52.6 Å². The quantitative estimate of drug-likeness (QED) is 0.639. The summed E-state index contributed by atoms with van der Waals surface area (Å²) in [7, 11) is 0. The maximum absolute atomic E-state index is 5.83. The topological polar surface area (TPSA) is 21.1 Å². The number of nitrogens with zero attached hydrogens (tertiary/aromatic N) is 3. The van der Waals surface area contributed by atoms with Crippen LogP contribution in [0.5, 0.6) is 0 Å². The van der Waals surface area contributed by atoms with Crippen LogP contribution in [0.1, 0.15) is 51.8 Å². The summed E-state index contributed by atoms with van der Waals surface area (Å²) in [4.78, 5) is 2.37. The number of rotatable bonds is 9. The fourth-order valence-electron chi connectivity index (χ4n) is 2.26. The summed E-state index contributed by atoms with van der Waals surface area (Å²) in [5.74, 6) is 0.688. The fraction of sp³-hybridized carbons (Fsp3) is 0.786. The zero-order valence-corrected chi connectivity index (χ0v) is 12.7. The van der Waals surface area contributed by atoms with Crippen LogP contribution in [0.3, 0.4) is 0 Å². The third-order valence-corrected chi connectivity index (χ3v) is 3.48. The lowest BCUT2D eigenvalue weighted by Crippen LogP contribution is -2.26. The van der Waals surface area contributed by atoms with Gasteiger partial charge in [-0.3, -0.25) is 9.58 Å². The maximum Gasteiger partial charge on any atom is 0.0764 e. The predicted molar refractivity (Wildman–Crippen MR) is 78.1 cm³/mol. The van der Waals surface area contributed by atoms with Crippen LogP contribution in [0.2, 0.25) is 0 Å². The molecule has 0 aliphatic carbocycles. The molecule has 18 heavy (non-hydrogen) atoms. The molecule has 0 atom stereocenters. The molecule has 0 saturated heterocycles. The van der Waals surface area contributed by atoms with Crippen molar-refractivity contribution >= 4 is 11.6 Å². The average Bonchev–Trinajstić information content (AvgIpc) is 2.80. The van der Waals surface area contributed by atoms with E-state index >= 15 is 0 Å². The van der Waals surface area contributed by atoms with E-state index in [-0.39, 0.29) is 0 Å². The van der Waals surface area contributed by atoms with E-state index in [2.05, 4.69) is 47.7 Å². The molecule has 0 unspecified atom stereocenters. The van der Waals surface area contributed by atoms with Crippen molar-refractivity contribution in [2.75, 3.05) is 19.0 Å². The molecule has 0 saturated carbocycles. The molecule has 0 N–H and O–H groups in total. The van der Waals surface area contributed by atoms with Gasteiger partial charge >= 0.3 is 0 Å². The van der Waals surface area contributed by atoms with Gasteiger partial charge in [0.1, 0.15) is 0 Å². The van der Waals surface area contributed by atoms with Gasteiger partial charge in [0.25, 0.3) is 0 Å². The summed E-state index contributed by atoms with van der Waals surface area (Å²) < 4.78 is 2.11. The summed E-state index contributed by atoms with van der Waals surface area (Å²) in [6.07, 6.45) is 5.54. The molecule has 3 nitrogen and oxygen atoms in total. The van der Waals surface area contributed by atoms with Gasteiger partial charge in [0, 0.05) is 25.2 Å². The summed E-state index contributed by atoms with van der Waals surface area (Å²) in [6.45, 7) is 9.56. The Kier molecular flexibility index (Phi) is 7.36. The van der Waals surface area contributed by atoms with Crippen LogP contribution >= 0.6 is 11.6 Å². The lowest BCUT2D eigenvalue weighted by Gasteiger charge is -2.19. The molecule has 1 aromatic heterocycles. The van der Waals surface area contributed by atoms with E-state index < -0.39 is 0 Å². The van der Waals surface area contributed by atoms with Gasteiger partial charge in [0.2, 0.25) is 0 Å². The number of alkyl halides is 1. The first kappa shape index (κ1) is 15.5. The Hall–Kier alpha value is -0.540. The van der Waals surface area contributed by atoms with Gasteiger partial charge in [-0.05, 0) is 31.9 Å². The van der Waals surface area contributed by atoms with Gasteiger partial charge in [-0.15, -0.1) is 11.6 Å². The molecule has 0 amide bonds. The summed E-state index contributed by atoms with van der Waals surface area (Å²) in [5.41, 5.74) is 1.15. The van der Waals surface area contributed by atoms with E-state index in [0.29, 0.717) is 11.9 Å². The molecule has 0 bridgehead atoms. The zero-order chi connectivity index (χ0) is 13.4. The maximum atomic E-state index is 5.83. The minimum atomic E-state index is 0.534. The Balaban J connectivity index is 2.61. The zero-order valence-electron chi connectivity index (χ0n) is 11.9. The number of aromatic nitrogens is 2. The molecule has 4 heteroatoms. The van der Waals surface area contributed by atoms with E-state index in [1.165, 1.54) is 0 Å². The Morgan fingerprint density at radius 1 is 1.28 bits per heavy atom. The highest BCUT2D eigenvalue weighted by Crippen LogP contribution is 2.15. The van der Waals surface area contributed by atoms with Crippen molar-refractivity contribution in [3.05, 3.63) is 18.0 Å². The largest absolute Gasteiger partial charge is 0.296 e. The van der Waals surface area contributed by atoms with Crippen LogP contribution in [0.15, 0.2) is 12.3 Å². The van der Waals surface area contributed by atoms with Gasteiger partial charge < -0.3 is 0 Å². The summed E-state index contributed by atoms with van der Waals surface area (Å²) in [6, 6.07) is 2.67. The van der Waals surface area contributed by atoms with Crippen LogP contribution in [0.4, 0.5) is 0 Å². The van der Waals surface area contributed by atoms with Gasteiger partial charge in [0.05, 0.1) is 11.7 Å². The molecule has 0 aromatic carbocycles. The minimum Gasteiger partial charge on any atom is -0.296 e. The second kappa shape index (κ2) is 8.54. The molecular formula is C14H26ClN3. The molecular weight excluding hydrogens is 246 g/mol. The highest BCUT2D eigenvalue weighted by molar-refractivity contribution is 6.18. The van der Waals surface area contributed by atoms with Crippen LogP contribution in [-0.4, -0.2) is 33.6 Å². The second-order valence-electron chi connectivity index (χ2n) is 4.72. The highest BCUT2D eigenvalue weighted by Gasteiger charge is 2.10. The van der Waals surface area contributed by atoms with E-state index in [1.807, 2.05) is 0 Å². The average molecular weight is 272 g/mol. The summed E-state index contributed by atoms with van der Waals surface area (Å²) >= 11 is 5.83. The van der Waals surface area contributed by atoms with Crippen molar-refractivity contribution in [3.63, 3.8) is 0 Å². The first-order valence-corrected chi connectivity index (χ1v) is 7.60. The standard InChI is InChI=1S/C14H26ClN3/c1-4-9-17(11-8-15)12-13-7-10-18(16-13)14(5-2)6-3/h7,10,14H,4-6,8-9,11-12H2,1-3H3. The van der Waals surface area contributed by atoms with E-state index in [4.69, 9.17) is 11.6 Å². The predicted octanol–water partition coefficient (Wildman–Crippen LogP) is 3.70. The molecule has 1 rings (SSSR count). The van der Waals surface area contributed by atoms with Gasteiger partial charge in [-0.2, -0.15) is 5.10 Å². The van der Waals surface area contributed by atoms with E-state index in [1.54, 1.807) is 0 Å². The second-order valence-corrected chi connectivity index (χ2v) is 5.10. The van der Waals surface area contributed by atoms with Crippen molar-refractivity contribution in [3.8, 4) is 0 Å². The Bertz CT molecular complexity index is 315. The molecule has 0 spiro atoms.